The van der Waals surface area contributed by atoms with Crippen molar-refractivity contribution in [2.75, 3.05) is 11.9 Å². The van der Waals surface area contributed by atoms with E-state index in [0.29, 0.717) is 22.2 Å². The lowest BCUT2D eigenvalue weighted by Gasteiger charge is -2.19. The predicted octanol–water partition coefficient (Wildman–Crippen LogP) is 4.17. The average molecular weight is 390 g/mol. The van der Waals surface area contributed by atoms with Crippen molar-refractivity contribution < 1.29 is 17.6 Å². The van der Waals surface area contributed by atoms with Gasteiger partial charge in [0.1, 0.15) is 5.65 Å². The van der Waals surface area contributed by atoms with Crippen molar-refractivity contribution in [3.63, 3.8) is 0 Å². The van der Waals surface area contributed by atoms with E-state index in [4.69, 9.17) is 0 Å². The molecule has 0 aromatic carbocycles. The van der Waals surface area contributed by atoms with Crippen LogP contribution in [0.25, 0.3) is 27.8 Å². The van der Waals surface area contributed by atoms with Crippen LogP contribution in [0.2, 0.25) is 0 Å². The Kier molecular flexibility index (Phi) is 3.43. The zero-order chi connectivity index (χ0) is 19.5. The number of rotatable bonds is 4. The summed E-state index contributed by atoms with van der Waals surface area (Å²) in [5.74, 6) is -0.342. The smallest absolute Gasteiger partial charge is 0.353 e. The zero-order valence-corrected chi connectivity index (χ0v) is 14.4. The highest BCUT2D eigenvalue weighted by Crippen LogP contribution is 2.57. The molecule has 10 heteroatoms. The van der Waals surface area contributed by atoms with Gasteiger partial charge in [0.2, 0.25) is 5.95 Å². The van der Waals surface area contributed by atoms with Crippen LogP contribution in [-0.4, -0.2) is 37.1 Å². The quantitative estimate of drug-likeness (QED) is 0.513. The van der Waals surface area contributed by atoms with Crippen molar-refractivity contribution in [3.05, 3.63) is 42.9 Å². The Morgan fingerprint density at radius 2 is 2.07 bits per heavy atom. The minimum absolute atomic E-state index is 0.112. The third kappa shape index (κ3) is 2.59. The van der Waals surface area contributed by atoms with E-state index < -0.39 is 17.4 Å². The molecule has 4 aromatic heterocycles. The second-order valence-electron chi connectivity index (χ2n) is 7.02. The van der Waals surface area contributed by atoms with Crippen LogP contribution in [0.3, 0.4) is 0 Å². The van der Waals surface area contributed by atoms with E-state index in [0.717, 1.165) is 0 Å². The molecule has 0 radical (unpaired) electrons. The van der Waals surface area contributed by atoms with Gasteiger partial charge in [-0.25, -0.2) is 14.4 Å². The number of aromatic amines is 1. The number of H-pyrrole nitrogens is 1. The molecule has 0 atom stereocenters. The van der Waals surface area contributed by atoms with Crippen molar-refractivity contribution in [2.45, 2.75) is 19.0 Å². The van der Waals surface area contributed by atoms with Crippen LogP contribution in [0.5, 0.6) is 0 Å². The second-order valence-corrected chi connectivity index (χ2v) is 7.02. The first-order chi connectivity index (χ1) is 13.4. The van der Waals surface area contributed by atoms with Crippen LogP contribution < -0.4 is 5.32 Å². The largest absolute Gasteiger partial charge is 0.396 e. The van der Waals surface area contributed by atoms with E-state index in [1.807, 2.05) is 0 Å². The molecule has 0 unspecified atom stereocenters. The van der Waals surface area contributed by atoms with Crippen molar-refractivity contribution >= 4 is 22.6 Å². The maximum atomic E-state index is 14.2. The van der Waals surface area contributed by atoms with Crippen molar-refractivity contribution in [3.8, 4) is 11.1 Å². The highest BCUT2D eigenvalue weighted by molar-refractivity contribution is 5.93. The minimum Gasteiger partial charge on any atom is -0.353 e. The van der Waals surface area contributed by atoms with Gasteiger partial charge in [-0.05, 0) is 18.9 Å². The fraction of sp³-hybridized carbons (Fsp3) is 0.278. The lowest BCUT2D eigenvalue weighted by Crippen LogP contribution is -2.31. The van der Waals surface area contributed by atoms with Crippen LogP contribution in [0.4, 0.5) is 23.5 Å². The molecule has 1 aliphatic rings. The summed E-state index contributed by atoms with van der Waals surface area (Å²) < 4.78 is 54.9. The maximum absolute atomic E-state index is 14.2. The number of alkyl halides is 3. The Morgan fingerprint density at radius 3 is 2.82 bits per heavy atom. The summed E-state index contributed by atoms with van der Waals surface area (Å²) in [6, 6.07) is 1.37. The van der Waals surface area contributed by atoms with Gasteiger partial charge in [0, 0.05) is 54.0 Å². The van der Waals surface area contributed by atoms with E-state index in [1.54, 1.807) is 23.0 Å². The van der Waals surface area contributed by atoms with E-state index >= 15 is 0 Å². The van der Waals surface area contributed by atoms with Crippen LogP contribution in [0, 0.1) is 11.2 Å². The molecule has 2 N–H and O–H groups in total. The third-order valence-electron chi connectivity index (χ3n) is 5.23. The molecule has 1 saturated carbocycles. The van der Waals surface area contributed by atoms with Crippen LogP contribution in [-0.2, 0) is 0 Å². The fourth-order valence-electron chi connectivity index (χ4n) is 3.33. The summed E-state index contributed by atoms with van der Waals surface area (Å²) in [6.45, 7) is -0.252. The SMILES string of the molecule is Fc1cc(-c2c[nH]c3nc(NCC4(C(F)(F)F)CC4)ncc23)cn2ccnc12. The molecule has 144 valence electrons. The summed E-state index contributed by atoms with van der Waals surface area (Å²) in [5, 5.41) is 3.33. The van der Waals surface area contributed by atoms with Gasteiger partial charge in [0.05, 0.1) is 5.41 Å². The Hall–Kier alpha value is -3.17. The molecular formula is C18H14F4N6. The average Bonchev–Trinajstić information content (AvgIpc) is 3.11. The Labute approximate surface area is 155 Å². The maximum Gasteiger partial charge on any atom is 0.396 e. The molecule has 4 heterocycles. The molecule has 5 rings (SSSR count). The monoisotopic (exact) mass is 390 g/mol. The number of fused-ring (bicyclic) bond motifs is 2. The lowest BCUT2D eigenvalue weighted by molar-refractivity contribution is -0.182. The zero-order valence-electron chi connectivity index (χ0n) is 14.4. The molecule has 1 aliphatic carbocycles. The molecule has 0 amide bonds. The molecule has 0 spiro atoms. The first-order valence-electron chi connectivity index (χ1n) is 8.64. The van der Waals surface area contributed by atoms with Gasteiger partial charge >= 0.3 is 6.18 Å². The second kappa shape index (κ2) is 5.66. The molecule has 6 nitrogen and oxygen atoms in total. The highest BCUT2D eigenvalue weighted by atomic mass is 19.4. The summed E-state index contributed by atoms with van der Waals surface area (Å²) in [6.07, 6.45) is 4.05. The van der Waals surface area contributed by atoms with Gasteiger partial charge in [-0.1, -0.05) is 0 Å². The first kappa shape index (κ1) is 17.0. The van der Waals surface area contributed by atoms with Gasteiger partial charge < -0.3 is 14.7 Å². The minimum atomic E-state index is -4.24. The normalized spacial score (nSPS) is 16.0. The first-order valence-corrected chi connectivity index (χ1v) is 8.64. The van der Waals surface area contributed by atoms with Gasteiger partial charge in [0.25, 0.3) is 0 Å². The summed E-state index contributed by atoms with van der Waals surface area (Å²) >= 11 is 0. The number of aromatic nitrogens is 5. The number of hydrogen-bond acceptors (Lipinski definition) is 4. The number of anilines is 1. The van der Waals surface area contributed by atoms with Gasteiger partial charge in [-0.15, -0.1) is 0 Å². The number of nitrogens with zero attached hydrogens (tertiary/aromatic N) is 4. The van der Waals surface area contributed by atoms with Crippen molar-refractivity contribution in [1.29, 1.82) is 0 Å². The van der Waals surface area contributed by atoms with E-state index in [9.17, 15) is 17.6 Å². The summed E-state index contributed by atoms with van der Waals surface area (Å²) in [4.78, 5) is 15.3. The molecule has 28 heavy (non-hydrogen) atoms. The van der Waals surface area contributed by atoms with Gasteiger partial charge in [-0.3, -0.25) is 0 Å². The number of nitrogens with one attached hydrogen (secondary N) is 2. The van der Waals surface area contributed by atoms with Crippen LogP contribution in [0.15, 0.2) is 37.1 Å². The predicted molar refractivity (Wildman–Crippen MR) is 94.2 cm³/mol. The third-order valence-corrected chi connectivity index (χ3v) is 5.23. The molecule has 0 aliphatic heterocycles. The molecular weight excluding hydrogens is 376 g/mol. The van der Waals surface area contributed by atoms with E-state index in [-0.39, 0.29) is 31.0 Å². The lowest BCUT2D eigenvalue weighted by atomic mass is 10.1. The van der Waals surface area contributed by atoms with Crippen LogP contribution in [0.1, 0.15) is 12.8 Å². The number of halogens is 4. The number of hydrogen-bond donors (Lipinski definition) is 2. The Balaban J connectivity index is 1.45. The van der Waals surface area contributed by atoms with E-state index in [2.05, 4.69) is 25.3 Å². The van der Waals surface area contributed by atoms with Gasteiger partial charge in [-0.2, -0.15) is 18.2 Å². The molecule has 0 saturated heterocycles. The highest BCUT2D eigenvalue weighted by Gasteiger charge is 2.62. The van der Waals surface area contributed by atoms with E-state index in [1.165, 1.54) is 18.5 Å². The van der Waals surface area contributed by atoms with Crippen molar-refractivity contribution in [2.24, 2.45) is 5.41 Å². The fourth-order valence-corrected chi connectivity index (χ4v) is 3.33. The number of imidazole rings is 1. The molecule has 1 fully saturated rings. The molecule has 4 aromatic rings. The number of pyridine rings is 1. The standard InChI is InChI=1S/C18H14F4N6/c19-13-5-10(8-28-4-3-23-15(13)28)11-6-24-14-12(11)7-25-16(27-14)26-9-17(1-2-17)18(20,21)22/h3-8H,1-2,9H2,(H2,24,25,26,27). The van der Waals surface area contributed by atoms with Crippen LogP contribution >= 0.6 is 0 Å². The summed E-state index contributed by atoms with van der Waals surface area (Å²) in [5.41, 5.74) is 0.294. The Morgan fingerprint density at radius 1 is 1.25 bits per heavy atom. The topological polar surface area (TPSA) is 70.9 Å². The summed E-state index contributed by atoms with van der Waals surface area (Å²) in [7, 11) is 0. The molecule has 0 bridgehead atoms. The van der Waals surface area contributed by atoms with Gasteiger partial charge in [0.15, 0.2) is 11.5 Å². The Bertz CT molecular complexity index is 1190. The van der Waals surface area contributed by atoms with Crippen molar-refractivity contribution in [1.82, 2.24) is 24.3 Å².